The molecule has 2 heterocycles. The highest BCUT2D eigenvalue weighted by molar-refractivity contribution is 9.10. The number of nitrogens with zero attached hydrogens (tertiary/aromatic N) is 2. The standard InChI is InChI=1S/C22H17Br2N3O4/c1-27-15-5-4-11(23)8-12(15)19-18(22(27)28)17(13(9-25)21(26)31-19)10-6-14(24)20(30-3)16(7-10)29-2/h4-8,13,17,26H,1-3H3. The largest absolute Gasteiger partial charge is 0.493 e. The molecule has 0 bridgehead atoms. The van der Waals surface area contributed by atoms with Crippen molar-refractivity contribution < 1.29 is 14.2 Å². The second kappa shape index (κ2) is 8.02. The smallest absolute Gasteiger partial charge is 0.258 e. The first-order valence-electron chi connectivity index (χ1n) is 9.21. The number of hydrogen-bond donors (Lipinski definition) is 1. The fourth-order valence-corrected chi connectivity index (χ4v) is 4.98. The predicted octanol–water partition coefficient (Wildman–Crippen LogP) is 4.72. The Morgan fingerprint density at radius 2 is 1.94 bits per heavy atom. The van der Waals surface area contributed by atoms with Crippen molar-refractivity contribution in [2.24, 2.45) is 13.0 Å². The first-order valence-corrected chi connectivity index (χ1v) is 10.8. The fraction of sp³-hybridized carbons (Fsp3) is 0.227. The van der Waals surface area contributed by atoms with Crippen LogP contribution in [0.5, 0.6) is 17.2 Å². The second-order valence-electron chi connectivity index (χ2n) is 7.06. The van der Waals surface area contributed by atoms with E-state index in [0.29, 0.717) is 43.8 Å². The van der Waals surface area contributed by atoms with Crippen LogP contribution in [0.3, 0.4) is 0 Å². The van der Waals surface area contributed by atoms with Crippen LogP contribution in [0, 0.1) is 22.7 Å². The minimum absolute atomic E-state index is 0.208. The Bertz CT molecular complexity index is 1340. The lowest BCUT2D eigenvalue weighted by Gasteiger charge is -2.31. The van der Waals surface area contributed by atoms with Crippen LogP contribution < -0.4 is 19.8 Å². The van der Waals surface area contributed by atoms with E-state index in [1.807, 2.05) is 18.2 Å². The number of pyridine rings is 1. The normalized spacial score (nSPS) is 17.6. The molecule has 0 spiro atoms. The van der Waals surface area contributed by atoms with E-state index in [1.54, 1.807) is 19.2 Å². The molecule has 0 amide bonds. The maximum atomic E-state index is 13.5. The van der Waals surface area contributed by atoms with E-state index in [2.05, 4.69) is 37.9 Å². The van der Waals surface area contributed by atoms with Gasteiger partial charge in [0.05, 0.1) is 35.8 Å². The van der Waals surface area contributed by atoms with Crippen LogP contribution in [-0.2, 0) is 7.05 Å². The minimum Gasteiger partial charge on any atom is -0.493 e. The molecule has 2 atom stereocenters. The van der Waals surface area contributed by atoms with Crippen LogP contribution in [0.25, 0.3) is 10.9 Å². The van der Waals surface area contributed by atoms with Gasteiger partial charge < -0.3 is 18.8 Å². The van der Waals surface area contributed by atoms with Crippen LogP contribution in [0.2, 0.25) is 0 Å². The Morgan fingerprint density at radius 3 is 2.58 bits per heavy atom. The number of halogens is 2. The van der Waals surface area contributed by atoms with E-state index in [1.165, 1.54) is 18.8 Å². The number of benzene rings is 2. The summed E-state index contributed by atoms with van der Waals surface area (Å²) in [4.78, 5) is 13.5. The summed E-state index contributed by atoms with van der Waals surface area (Å²) in [5, 5.41) is 19.0. The summed E-state index contributed by atoms with van der Waals surface area (Å²) in [6, 6.07) is 11.1. The van der Waals surface area contributed by atoms with Crippen molar-refractivity contribution in [2.45, 2.75) is 5.92 Å². The van der Waals surface area contributed by atoms with Gasteiger partial charge in [-0.05, 0) is 51.8 Å². The van der Waals surface area contributed by atoms with Crippen LogP contribution in [0.1, 0.15) is 17.0 Å². The number of methoxy groups -OCH3 is 2. The molecule has 0 aliphatic carbocycles. The zero-order valence-electron chi connectivity index (χ0n) is 16.8. The molecule has 9 heteroatoms. The van der Waals surface area contributed by atoms with Gasteiger partial charge in [0.1, 0.15) is 11.7 Å². The molecule has 1 aliphatic heterocycles. The van der Waals surface area contributed by atoms with Gasteiger partial charge in [-0.25, -0.2) is 0 Å². The van der Waals surface area contributed by atoms with Crippen molar-refractivity contribution in [3.8, 4) is 23.3 Å². The SMILES string of the molecule is COc1cc(C2c3c(c4cc(Br)ccc4n(C)c3=O)OC(=N)C2C#N)cc(Br)c1OC. The Kier molecular flexibility index (Phi) is 5.54. The third-order valence-electron chi connectivity index (χ3n) is 5.44. The van der Waals surface area contributed by atoms with Crippen LogP contribution in [0.4, 0.5) is 0 Å². The van der Waals surface area contributed by atoms with Gasteiger partial charge in [-0.15, -0.1) is 0 Å². The summed E-state index contributed by atoms with van der Waals surface area (Å²) < 4.78 is 19.6. The van der Waals surface area contributed by atoms with E-state index in [4.69, 9.17) is 19.6 Å². The van der Waals surface area contributed by atoms with Crippen LogP contribution in [-0.4, -0.2) is 24.7 Å². The van der Waals surface area contributed by atoms with Crippen molar-refractivity contribution in [2.75, 3.05) is 14.2 Å². The lowest BCUT2D eigenvalue weighted by Crippen LogP contribution is -2.37. The van der Waals surface area contributed by atoms with Crippen LogP contribution >= 0.6 is 31.9 Å². The van der Waals surface area contributed by atoms with Gasteiger partial charge in [0.25, 0.3) is 5.56 Å². The molecule has 4 rings (SSSR count). The van der Waals surface area contributed by atoms with Crippen molar-refractivity contribution >= 4 is 48.7 Å². The van der Waals surface area contributed by atoms with Gasteiger partial charge in [-0.1, -0.05) is 15.9 Å². The minimum atomic E-state index is -0.977. The molecule has 0 radical (unpaired) electrons. The molecular formula is C22H17Br2N3O4. The van der Waals surface area contributed by atoms with E-state index < -0.39 is 11.8 Å². The lowest BCUT2D eigenvalue weighted by atomic mass is 9.79. The summed E-state index contributed by atoms with van der Waals surface area (Å²) in [7, 11) is 4.72. The molecule has 2 aromatic carbocycles. The molecule has 31 heavy (non-hydrogen) atoms. The molecule has 0 fully saturated rings. The Balaban J connectivity index is 2.11. The topological polar surface area (TPSA) is 97.3 Å². The summed E-state index contributed by atoms with van der Waals surface area (Å²) in [5.41, 5.74) is 1.35. The Hall–Kier alpha value is -2.83. The van der Waals surface area contributed by atoms with Crippen LogP contribution in [0.15, 0.2) is 44.1 Å². The number of rotatable bonds is 3. The molecule has 0 saturated carbocycles. The summed E-state index contributed by atoms with van der Waals surface area (Å²) in [5.74, 6) is -0.664. The first-order chi connectivity index (χ1) is 14.8. The number of aromatic nitrogens is 1. The first kappa shape index (κ1) is 21.4. The molecule has 1 aromatic heterocycles. The van der Waals surface area contributed by atoms with Gasteiger partial charge in [0, 0.05) is 22.8 Å². The van der Waals surface area contributed by atoms with Gasteiger partial charge in [0.15, 0.2) is 11.5 Å². The average molecular weight is 547 g/mol. The van der Waals surface area contributed by atoms with Gasteiger partial charge >= 0.3 is 0 Å². The molecule has 158 valence electrons. The van der Waals surface area contributed by atoms with Crippen molar-refractivity contribution in [1.82, 2.24) is 4.57 Å². The van der Waals surface area contributed by atoms with Crippen molar-refractivity contribution in [1.29, 1.82) is 10.7 Å². The van der Waals surface area contributed by atoms with E-state index in [9.17, 15) is 10.1 Å². The number of aryl methyl sites for hydroxylation is 1. The molecule has 2 unspecified atom stereocenters. The third-order valence-corrected chi connectivity index (χ3v) is 6.52. The van der Waals surface area contributed by atoms with Gasteiger partial charge in [0.2, 0.25) is 5.90 Å². The molecule has 1 N–H and O–H groups in total. The maximum absolute atomic E-state index is 13.5. The number of nitrogens with one attached hydrogen (secondary N) is 1. The van der Waals surface area contributed by atoms with E-state index in [0.717, 1.165) is 4.47 Å². The molecular weight excluding hydrogens is 530 g/mol. The molecule has 7 nitrogen and oxygen atoms in total. The predicted molar refractivity (Wildman–Crippen MR) is 123 cm³/mol. The van der Waals surface area contributed by atoms with Crippen molar-refractivity contribution in [3.05, 3.63) is 60.8 Å². The molecule has 0 saturated heterocycles. The average Bonchev–Trinajstić information content (AvgIpc) is 2.75. The summed E-state index contributed by atoms with van der Waals surface area (Å²) in [6.07, 6.45) is 0. The van der Waals surface area contributed by atoms with E-state index in [-0.39, 0.29) is 11.5 Å². The third kappa shape index (κ3) is 3.30. The van der Waals surface area contributed by atoms with Gasteiger partial charge in [-0.3, -0.25) is 10.2 Å². The monoisotopic (exact) mass is 545 g/mol. The Morgan fingerprint density at radius 1 is 1.19 bits per heavy atom. The number of ether oxygens (including phenoxy) is 3. The van der Waals surface area contributed by atoms with E-state index >= 15 is 0 Å². The van der Waals surface area contributed by atoms with Crippen molar-refractivity contribution in [3.63, 3.8) is 0 Å². The zero-order chi connectivity index (χ0) is 22.4. The number of hydrogen-bond acceptors (Lipinski definition) is 6. The number of fused-ring (bicyclic) bond motifs is 3. The highest BCUT2D eigenvalue weighted by atomic mass is 79.9. The fourth-order valence-electron chi connectivity index (χ4n) is 4.00. The lowest BCUT2D eigenvalue weighted by molar-refractivity contribution is 0.352. The molecule has 1 aliphatic rings. The summed E-state index contributed by atoms with van der Waals surface area (Å²) in [6.45, 7) is 0. The quantitative estimate of drug-likeness (QED) is 0.512. The summed E-state index contributed by atoms with van der Waals surface area (Å²) >= 11 is 6.95. The highest BCUT2D eigenvalue weighted by Crippen LogP contribution is 2.47. The number of nitriles is 1. The van der Waals surface area contributed by atoms with Gasteiger partial charge in [-0.2, -0.15) is 5.26 Å². The zero-order valence-corrected chi connectivity index (χ0v) is 20.0. The molecule has 3 aromatic rings. The maximum Gasteiger partial charge on any atom is 0.258 e. The highest BCUT2D eigenvalue weighted by Gasteiger charge is 2.41. The Labute approximate surface area is 194 Å². The second-order valence-corrected chi connectivity index (χ2v) is 8.83.